The molecule has 2 nitrogen and oxygen atoms in total. The first-order valence-corrected chi connectivity index (χ1v) is 4.55. The summed E-state index contributed by atoms with van der Waals surface area (Å²) in [6, 6.07) is 4.92. The topological polar surface area (TPSA) is 37.3 Å². The van der Waals surface area contributed by atoms with Gasteiger partial charge in [-0.25, -0.2) is 9.18 Å². The molecule has 0 unspecified atom stereocenters. The third-order valence-electron chi connectivity index (χ3n) is 2.00. The number of benzene rings is 1. The van der Waals surface area contributed by atoms with E-state index in [1.165, 1.54) is 18.2 Å². The van der Waals surface area contributed by atoms with Crippen molar-refractivity contribution in [3.05, 3.63) is 47.3 Å². The first-order valence-electron chi connectivity index (χ1n) is 4.55. The molecule has 17 heavy (non-hydrogen) atoms. The Morgan fingerprint density at radius 1 is 1.29 bits per heavy atom. The van der Waals surface area contributed by atoms with Crippen molar-refractivity contribution >= 4 is 5.97 Å². The molecule has 0 heterocycles. The predicted octanol–water partition coefficient (Wildman–Crippen LogP) is 2.94. The van der Waals surface area contributed by atoms with Gasteiger partial charge in [-0.15, -0.1) is 0 Å². The van der Waals surface area contributed by atoms with E-state index in [2.05, 4.69) is 0 Å². The van der Waals surface area contributed by atoms with Crippen molar-refractivity contribution in [2.24, 2.45) is 0 Å². The second-order valence-electron chi connectivity index (χ2n) is 3.27. The van der Waals surface area contributed by atoms with Crippen molar-refractivity contribution < 1.29 is 27.5 Å². The Labute approximate surface area is 94.2 Å². The standard InChI is InChI=1S/C11H8F4O2/c12-9-4-2-1-3-7(9)5-8(6-10(16)17)11(13,14)15/h1-4,6H,5H2,(H,16,17)/b8-6+. The van der Waals surface area contributed by atoms with Crippen molar-refractivity contribution in [1.29, 1.82) is 0 Å². The summed E-state index contributed by atoms with van der Waals surface area (Å²) in [6.07, 6.45) is -5.55. The fourth-order valence-electron chi connectivity index (χ4n) is 1.23. The highest BCUT2D eigenvalue weighted by Gasteiger charge is 2.34. The minimum atomic E-state index is -4.79. The molecule has 1 N–H and O–H groups in total. The average molecular weight is 248 g/mol. The largest absolute Gasteiger partial charge is 0.478 e. The lowest BCUT2D eigenvalue weighted by molar-refractivity contribution is -0.132. The van der Waals surface area contributed by atoms with E-state index < -0.39 is 30.0 Å². The normalized spacial score (nSPS) is 12.6. The molecule has 0 aliphatic heterocycles. The third kappa shape index (κ3) is 3.90. The maximum Gasteiger partial charge on any atom is 0.413 e. The van der Waals surface area contributed by atoms with Gasteiger partial charge in [0.1, 0.15) is 5.82 Å². The zero-order valence-corrected chi connectivity index (χ0v) is 8.46. The zero-order valence-electron chi connectivity index (χ0n) is 8.46. The Balaban J connectivity index is 3.04. The van der Waals surface area contributed by atoms with Crippen LogP contribution in [0.3, 0.4) is 0 Å². The number of halogens is 4. The molecular weight excluding hydrogens is 240 g/mol. The molecule has 0 saturated heterocycles. The molecule has 0 radical (unpaired) electrons. The van der Waals surface area contributed by atoms with Gasteiger partial charge in [-0.05, 0) is 11.6 Å². The SMILES string of the molecule is O=C(O)/C=C(\Cc1ccccc1F)C(F)(F)F. The van der Waals surface area contributed by atoms with Crippen LogP contribution < -0.4 is 0 Å². The number of carboxylic acid groups (broad SMARTS) is 1. The molecular formula is C11H8F4O2. The highest BCUT2D eigenvalue weighted by molar-refractivity contribution is 5.81. The maximum atomic E-state index is 13.1. The molecule has 0 aliphatic rings. The summed E-state index contributed by atoms with van der Waals surface area (Å²) < 4.78 is 50.5. The smallest absolute Gasteiger partial charge is 0.413 e. The van der Waals surface area contributed by atoms with E-state index in [9.17, 15) is 22.4 Å². The Hall–Kier alpha value is -1.85. The lowest BCUT2D eigenvalue weighted by Crippen LogP contribution is -2.16. The van der Waals surface area contributed by atoms with Crippen molar-refractivity contribution in [2.45, 2.75) is 12.6 Å². The summed E-state index contributed by atoms with van der Waals surface area (Å²) in [5, 5.41) is 8.32. The van der Waals surface area contributed by atoms with Crippen LogP contribution in [-0.4, -0.2) is 17.3 Å². The number of carbonyl (C=O) groups is 1. The van der Waals surface area contributed by atoms with Gasteiger partial charge in [-0.3, -0.25) is 0 Å². The van der Waals surface area contributed by atoms with Gasteiger partial charge in [-0.1, -0.05) is 18.2 Å². The molecule has 0 saturated carbocycles. The molecule has 0 fully saturated rings. The van der Waals surface area contributed by atoms with Gasteiger partial charge >= 0.3 is 12.1 Å². The van der Waals surface area contributed by atoms with Gasteiger partial charge in [0.05, 0.1) is 0 Å². The van der Waals surface area contributed by atoms with Gasteiger partial charge in [-0.2, -0.15) is 13.2 Å². The highest BCUT2D eigenvalue weighted by Crippen LogP contribution is 2.29. The minimum absolute atomic E-state index is 0.0481. The van der Waals surface area contributed by atoms with Gasteiger partial charge in [0.25, 0.3) is 0 Å². The fraction of sp³-hybridized carbons (Fsp3) is 0.182. The first kappa shape index (κ1) is 13.2. The third-order valence-corrected chi connectivity index (χ3v) is 2.00. The minimum Gasteiger partial charge on any atom is -0.478 e. The van der Waals surface area contributed by atoms with E-state index in [4.69, 9.17) is 5.11 Å². The lowest BCUT2D eigenvalue weighted by atomic mass is 10.0. The molecule has 1 aromatic rings. The van der Waals surface area contributed by atoms with Crippen molar-refractivity contribution in [3.63, 3.8) is 0 Å². The Bertz CT molecular complexity index is 449. The van der Waals surface area contributed by atoms with Crippen LogP contribution in [0, 0.1) is 5.82 Å². The Kier molecular flexibility index (Phi) is 3.88. The predicted molar refractivity (Wildman–Crippen MR) is 51.9 cm³/mol. The summed E-state index contributed by atoms with van der Waals surface area (Å²) in [4.78, 5) is 10.3. The summed E-state index contributed by atoms with van der Waals surface area (Å²) in [6.45, 7) is 0. The van der Waals surface area contributed by atoms with Crippen LogP contribution in [0.5, 0.6) is 0 Å². The van der Waals surface area contributed by atoms with E-state index in [1.54, 1.807) is 0 Å². The molecule has 0 atom stereocenters. The number of carboxylic acids is 1. The quantitative estimate of drug-likeness (QED) is 0.659. The van der Waals surface area contributed by atoms with Crippen molar-refractivity contribution in [1.82, 2.24) is 0 Å². The lowest BCUT2D eigenvalue weighted by Gasteiger charge is -2.11. The number of hydrogen-bond donors (Lipinski definition) is 1. The highest BCUT2D eigenvalue weighted by atomic mass is 19.4. The van der Waals surface area contributed by atoms with Crippen LogP contribution in [0.15, 0.2) is 35.9 Å². The van der Waals surface area contributed by atoms with Gasteiger partial charge in [0, 0.05) is 18.1 Å². The second-order valence-corrected chi connectivity index (χ2v) is 3.27. The van der Waals surface area contributed by atoms with Crippen LogP contribution in [0.25, 0.3) is 0 Å². The molecule has 1 rings (SSSR count). The fourth-order valence-corrected chi connectivity index (χ4v) is 1.23. The molecule has 0 bridgehead atoms. The van der Waals surface area contributed by atoms with Crippen LogP contribution >= 0.6 is 0 Å². The van der Waals surface area contributed by atoms with Crippen molar-refractivity contribution in [2.75, 3.05) is 0 Å². The van der Waals surface area contributed by atoms with Crippen molar-refractivity contribution in [3.8, 4) is 0 Å². The number of aliphatic carboxylic acids is 1. The van der Waals surface area contributed by atoms with E-state index in [-0.39, 0.29) is 11.6 Å². The van der Waals surface area contributed by atoms with E-state index >= 15 is 0 Å². The van der Waals surface area contributed by atoms with Gasteiger partial charge in [0.15, 0.2) is 0 Å². The molecule has 92 valence electrons. The summed E-state index contributed by atoms with van der Waals surface area (Å²) in [7, 11) is 0. The molecule has 6 heteroatoms. The summed E-state index contributed by atoms with van der Waals surface area (Å²) in [5.41, 5.74) is -1.49. The van der Waals surface area contributed by atoms with Crippen LogP contribution in [0.1, 0.15) is 5.56 Å². The first-order chi connectivity index (χ1) is 7.80. The molecule has 0 spiro atoms. The molecule has 0 amide bonds. The van der Waals surface area contributed by atoms with Gasteiger partial charge in [0.2, 0.25) is 0 Å². The molecule has 0 aromatic heterocycles. The molecule has 0 aliphatic carbocycles. The Morgan fingerprint density at radius 2 is 1.88 bits per heavy atom. The number of hydrogen-bond acceptors (Lipinski definition) is 1. The monoisotopic (exact) mass is 248 g/mol. The molecule has 1 aromatic carbocycles. The number of allylic oxidation sites excluding steroid dienone is 1. The number of alkyl halides is 3. The summed E-state index contributed by atoms with van der Waals surface area (Å²) >= 11 is 0. The van der Waals surface area contributed by atoms with E-state index in [0.29, 0.717) is 0 Å². The van der Waals surface area contributed by atoms with E-state index in [0.717, 1.165) is 6.07 Å². The second kappa shape index (κ2) is 4.99. The number of rotatable bonds is 3. The summed E-state index contributed by atoms with van der Waals surface area (Å²) in [5.74, 6) is -2.51. The Morgan fingerprint density at radius 3 is 2.35 bits per heavy atom. The van der Waals surface area contributed by atoms with Crippen LogP contribution in [0.4, 0.5) is 17.6 Å². The maximum absolute atomic E-state index is 13.1. The van der Waals surface area contributed by atoms with Crippen LogP contribution in [0.2, 0.25) is 0 Å². The zero-order chi connectivity index (χ0) is 13.1. The average Bonchev–Trinajstić information content (AvgIpc) is 2.18. The van der Waals surface area contributed by atoms with E-state index in [1.807, 2.05) is 0 Å². The van der Waals surface area contributed by atoms with Crippen LogP contribution in [-0.2, 0) is 11.2 Å². The van der Waals surface area contributed by atoms with Gasteiger partial charge < -0.3 is 5.11 Å².